The van der Waals surface area contributed by atoms with E-state index in [-0.39, 0.29) is 22.3 Å². The molecule has 1 aromatic carbocycles. The van der Waals surface area contributed by atoms with Crippen LogP contribution in [0, 0.1) is 23.2 Å². The third-order valence-corrected chi connectivity index (χ3v) is 10.3. The lowest BCUT2D eigenvalue weighted by Gasteiger charge is -2.59. The Balaban J connectivity index is 1.27. The van der Waals surface area contributed by atoms with Gasteiger partial charge >= 0.3 is 0 Å². The van der Waals surface area contributed by atoms with Gasteiger partial charge in [-0.2, -0.15) is 4.31 Å². The van der Waals surface area contributed by atoms with Gasteiger partial charge in [-0.05, 0) is 106 Å². The van der Waals surface area contributed by atoms with Gasteiger partial charge in [0.25, 0.3) is 5.91 Å². The number of nitrogens with zero attached hydrogens (tertiary/aromatic N) is 1. The number of benzene rings is 1. The molecule has 5 aliphatic rings. The maximum Gasteiger partial charge on any atom is 0.251 e. The third kappa shape index (κ3) is 3.60. The Bertz CT molecular complexity index is 868. The second-order valence-corrected chi connectivity index (χ2v) is 12.4. The molecule has 1 amide bonds. The molecule has 164 valence electrons. The molecule has 1 saturated heterocycles. The van der Waals surface area contributed by atoms with E-state index in [0.717, 1.165) is 37.0 Å². The highest BCUT2D eigenvalue weighted by molar-refractivity contribution is 7.89. The van der Waals surface area contributed by atoms with Crippen LogP contribution >= 0.6 is 0 Å². The van der Waals surface area contributed by atoms with Gasteiger partial charge in [0.05, 0.1) is 4.90 Å². The van der Waals surface area contributed by atoms with Crippen LogP contribution in [0.2, 0.25) is 0 Å². The molecule has 4 aliphatic carbocycles. The lowest BCUT2D eigenvalue weighted by atomic mass is 9.48. The standard InChI is InChI=1S/C24H34N2O3S/c1-17(24-14-18-11-19(15-24)13-20(12-18)16-24)25-23(27)21-5-7-22(8-6-21)30(28,29)26-9-3-2-4-10-26/h5-8,17-20H,2-4,9-16H2,1H3,(H,25,27)/t17-,18?,19?,20?,24?/m1/s1. The summed E-state index contributed by atoms with van der Waals surface area (Å²) in [7, 11) is -3.46. The average molecular weight is 431 g/mol. The van der Waals surface area contributed by atoms with Gasteiger partial charge in [-0.25, -0.2) is 8.42 Å². The monoisotopic (exact) mass is 430 g/mol. The smallest absolute Gasteiger partial charge is 0.251 e. The summed E-state index contributed by atoms with van der Waals surface area (Å²) >= 11 is 0. The first-order valence-corrected chi connectivity index (χ1v) is 13.2. The molecule has 1 N–H and O–H groups in total. The second kappa shape index (κ2) is 7.63. The summed E-state index contributed by atoms with van der Waals surface area (Å²) in [4.78, 5) is 13.2. The van der Waals surface area contributed by atoms with Gasteiger partial charge in [-0.15, -0.1) is 0 Å². The molecule has 30 heavy (non-hydrogen) atoms. The maximum absolute atomic E-state index is 12.9. The van der Waals surface area contributed by atoms with Crippen LogP contribution in [0.4, 0.5) is 0 Å². The van der Waals surface area contributed by atoms with Crippen LogP contribution in [0.15, 0.2) is 29.2 Å². The molecule has 0 radical (unpaired) electrons. The van der Waals surface area contributed by atoms with E-state index in [4.69, 9.17) is 0 Å². The van der Waals surface area contributed by atoms with Crippen LogP contribution in [0.1, 0.15) is 75.1 Å². The number of hydrogen-bond acceptors (Lipinski definition) is 3. The first-order valence-electron chi connectivity index (χ1n) is 11.8. The first-order chi connectivity index (χ1) is 14.4. The fourth-order valence-corrected chi connectivity index (χ4v) is 8.69. The molecule has 0 unspecified atom stereocenters. The van der Waals surface area contributed by atoms with Crippen molar-refractivity contribution in [3.8, 4) is 0 Å². The summed E-state index contributed by atoms with van der Waals surface area (Å²) in [6.45, 7) is 3.36. The lowest BCUT2D eigenvalue weighted by Crippen LogP contribution is -2.55. The third-order valence-electron chi connectivity index (χ3n) is 8.42. The van der Waals surface area contributed by atoms with E-state index in [0.29, 0.717) is 18.7 Å². The van der Waals surface area contributed by atoms with Crippen LogP contribution < -0.4 is 5.32 Å². The fourth-order valence-electron chi connectivity index (χ4n) is 7.17. The SMILES string of the molecule is C[C@@H](NC(=O)c1ccc(S(=O)(=O)N2CCCCC2)cc1)C12CC3CC(CC(C3)C1)C2. The summed E-state index contributed by atoms with van der Waals surface area (Å²) in [5.41, 5.74) is 0.811. The second-order valence-electron chi connectivity index (χ2n) is 10.5. The quantitative estimate of drug-likeness (QED) is 0.761. The Labute approximate surface area is 180 Å². The van der Waals surface area contributed by atoms with Crippen LogP contribution in [-0.2, 0) is 10.0 Å². The van der Waals surface area contributed by atoms with E-state index in [9.17, 15) is 13.2 Å². The number of hydrogen-bond donors (Lipinski definition) is 1. The topological polar surface area (TPSA) is 66.5 Å². The Hall–Kier alpha value is -1.40. The van der Waals surface area contributed by atoms with E-state index < -0.39 is 10.0 Å². The van der Waals surface area contributed by atoms with Gasteiger partial charge in [0.2, 0.25) is 10.0 Å². The minimum atomic E-state index is -3.46. The minimum absolute atomic E-state index is 0.0832. The molecule has 1 aliphatic heterocycles. The maximum atomic E-state index is 12.9. The highest BCUT2D eigenvalue weighted by Crippen LogP contribution is 2.61. The van der Waals surface area contributed by atoms with Gasteiger partial charge in [-0.1, -0.05) is 6.42 Å². The largest absolute Gasteiger partial charge is 0.349 e. The normalized spacial score (nSPS) is 34.6. The predicted molar refractivity (Wildman–Crippen MR) is 117 cm³/mol. The zero-order valence-electron chi connectivity index (χ0n) is 18.0. The first kappa shape index (κ1) is 20.5. The molecular weight excluding hydrogens is 396 g/mol. The number of rotatable bonds is 5. The van der Waals surface area contributed by atoms with Crippen molar-refractivity contribution in [1.82, 2.24) is 9.62 Å². The van der Waals surface area contributed by atoms with Crippen molar-refractivity contribution in [1.29, 1.82) is 0 Å². The molecular formula is C24H34N2O3S. The van der Waals surface area contributed by atoms with E-state index in [2.05, 4.69) is 12.2 Å². The molecule has 0 aromatic heterocycles. The molecule has 1 heterocycles. The van der Waals surface area contributed by atoms with Crippen LogP contribution in [0.3, 0.4) is 0 Å². The van der Waals surface area contributed by atoms with Crippen molar-refractivity contribution in [3.63, 3.8) is 0 Å². The van der Waals surface area contributed by atoms with Crippen LogP contribution in [-0.4, -0.2) is 37.8 Å². The molecule has 5 fully saturated rings. The predicted octanol–water partition coefficient (Wildman–Crippen LogP) is 4.20. The number of nitrogens with one attached hydrogen (secondary N) is 1. The Morgan fingerprint density at radius 1 is 0.967 bits per heavy atom. The van der Waals surface area contributed by atoms with Crippen molar-refractivity contribution >= 4 is 15.9 Å². The summed E-state index contributed by atoms with van der Waals surface area (Å²) < 4.78 is 27.2. The van der Waals surface area contributed by atoms with Gasteiger partial charge < -0.3 is 5.32 Å². The number of piperidine rings is 1. The van der Waals surface area contributed by atoms with Crippen molar-refractivity contribution in [2.75, 3.05) is 13.1 Å². The van der Waals surface area contributed by atoms with Gasteiger partial charge in [0, 0.05) is 24.7 Å². The Morgan fingerprint density at radius 2 is 1.50 bits per heavy atom. The van der Waals surface area contributed by atoms with Crippen molar-refractivity contribution < 1.29 is 13.2 Å². The summed E-state index contributed by atoms with van der Waals surface area (Å²) in [6.07, 6.45) is 10.9. The lowest BCUT2D eigenvalue weighted by molar-refractivity contribution is -0.0688. The van der Waals surface area contributed by atoms with E-state index in [1.54, 1.807) is 28.6 Å². The number of carbonyl (C=O) groups excluding carboxylic acids is 1. The van der Waals surface area contributed by atoms with E-state index >= 15 is 0 Å². The molecule has 5 nitrogen and oxygen atoms in total. The highest BCUT2D eigenvalue weighted by atomic mass is 32.2. The highest BCUT2D eigenvalue weighted by Gasteiger charge is 2.53. The Morgan fingerprint density at radius 3 is 2.03 bits per heavy atom. The minimum Gasteiger partial charge on any atom is -0.349 e. The molecule has 4 bridgehead atoms. The molecule has 6 rings (SSSR count). The number of sulfonamides is 1. The van der Waals surface area contributed by atoms with Crippen molar-refractivity contribution in [2.24, 2.45) is 23.2 Å². The van der Waals surface area contributed by atoms with Gasteiger partial charge in [-0.3, -0.25) is 4.79 Å². The number of amides is 1. The molecule has 4 saturated carbocycles. The summed E-state index contributed by atoms with van der Waals surface area (Å²) in [5.74, 6) is 2.49. The summed E-state index contributed by atoms with van der Waals surface area (Å²) in [6, 6.07) is 6.68. The molecule has 0 spiro atoms. The van der Waals surface area contributed by atoms with E-state index in [1.165, 1.54) is 38.5 Å². The van der Waals surface area contributed by atoms with Crippen LogP contribution in [0.5, 0.6) is 0 Å². The van der Waals surface area contributed by atoms with Gasteiger partial charge in [0.15, 0.2) is 0 Å². The zero-order valence-corrected chi connectivity index (χ0v) is 18.8. The molecule has 1 atom stereocenters. The molecule has 1 aromatic rings. The van der Waals surface area contributed by atoms with Crippen LogP contribution in [0.25, 0.3) is 0 Å². The summed E-state index contributed by atoms with van der Waals surface area (Å²) in [5, 5.41) is 3.28. The van der Waals surface area contributed by atoms with E-state index in [1.807, 2.05) is 0 Å². The molecule has 6 heteroatoms. The fraction of sp³-hybridized carbons (Fsp3) is 0.708. The van der Waals surface area contributed by atoms with Crippen molar-refractivity contribution in [2.45, 2.75) is 75.6 Å². The zero-order chi connectivity index (χ0) is 20.9. The average Bonchev–Trinajstić information content (AvgIpc) is 2.73. The Kier molecular flexibility index (Phi) is 5.21. The van der Waals surface area contributed by atoms with Gasteiger partial charge in [0.1, 0.15) is 0 Å². The number of carbonyl (C=O) groups is 1. The van der Waals surface area contributed by atoms with Crippen molar-refractivity contribution in [3.05, 3.63) is 29.8 Å².